The molecule has 1 unspecified atom stereocenters. The molecule has 0 bridgehead atoms. The van der Waals surface area contributed by atoms with Crippen LogP contribution in [0.4, 0.5) is 4.39 Å². The molecule has 1 saturated heterocycles. The first kappa shape index (κ1) is 14.7. The van der Waals surface area contributed by atoms with Crippen molar-refractivity contribution < 1.29 is 17.5 Å². The van der Waals surface area contributed by atoms with Gasteiger partial charge in [-0.2, -0.15) is 4.31 Å². The normalized spacial score (nSPS) is 20.1. The van der Waals surface area contributed by atoms with Crippen LogP contribution in [0.15, 0.2) is 23.1 Å². The summed E-state index contributed by atoms with van der Waals surface area (Å²) in [5.74, 6) is -0.563. The van der Waals surface area contributed by atoms with E-state index in [-0.39, 0.29) is 22.4 Å². The van der Waals surface area contributed by atoms with E-state index in [4.69, 9.17) is 16.3 Å². The maximum atomic E-state index is 13.3. The van der Waals surface area contributed by atoms with Gasteiger partial charge in [0.2, 0.25) is 10.0 Å². The molecule has 4 nitrogen and oxygen atoms in total. The second-order valence-corrected chi connectivity index (χ2v) is 6.69. The van der Waals surface area contributed by atoms with E-state index in [1.54, 1.807) is 0 Å². The average molecular weight is 308 g/mol. The van der Waals surface area contributed by atoms with Crippen molar-refractivity contribution in [3.8, 4) is 0 Å². The monoisotopic (exact) mass is 307 g/mol. The molecule has 106 valence electrons. The van der Waals surface area contributed by atoms with E-state index in [0.29, 0.717) is 19.6 Å². The Morgan fingerprint density at radius 2 is 2.26 bits per heavy atom. The number of alkyl halides is 1. The minimum Gasteiger partial charge on any atom is -0.380 e. The van der Waals surface area contributed by atoms with E-state index in [1.165, 1.54) is 23.5 Å². The van der Waals surface area contributed by atoms with Gasteiger partial charge in [-0.25, -0.2) is 12.8 Å². The maximum Gasteiger partial charge on any atom is 0.243 e. The van der Waals surface area contributed by atoms with Crippen LogP contribution in [0.2, 0.25) is 0 Å². The number of hydrogen-bond acceptors (Lipinski definition) is 3. The van der Waals surface area contributed by atoms with Crippen LogP contribution < -0.4 is 0 Å². The molecule has 1 fully saturated rings. The number of hydrogen-bond donors (Lipinski definition) is 0. The van der Waals surface area contributed by atoms with Crippen LogP contribution in [0.1, 0.15) is 12.0 Å². The number of nitrogens with zero attached hydrogens (tertiary/aromatic N) is 1. The van der Waals surface area contributed by atoms with E-state index in [1.807, 2.05) is 0 Å². The Morgan fingerprint density at radius 3 is 2.84 bits per heavy atom. The lowest BCUT2D eigenvalue weighted by Crippen LogP contribution is -2.37. The Hall–Kier alpha value is -0.690. The van der Waals surface area contributed by atoms with Gasteiger partial charge in [-0.1, -0.05) is 0 Å². The van der Waals surface area contributed by atoms with E-state index >= 15 is 0 Å². The third-order valence-electron chi connectivity index (χ3n) is 3.26. The summed E-state index contributed by atoms with van der Waals surface area (Å²) in [4.78, 5) is 0.0546. The molecule has 0 spiro atoms. The lowest BCUT2D eigenvalue weighted by molar-refractivity contribution is 0.181. The molecule has 1 atom stereocenters. The van der Waals surface area contributed by atoms with Crippen LogP contribution in [-0.2, 0) is 20.6 Å². The topological polar surface area (TPSA) is 46.6 Å². The van der Waals surface area contributed by atoms with Crippen LogP contribution >= 0.6 is 11.6 Å². The summed E-state index contributed by atoms with van der Waals surface area (Å²) in [7, 11) is -2.13. The highest BCUT2D eigenvalue weighted by Gasteiger charge is 2.30. The van der Waals surface area contributed by atoms with Gasteiger partial charge in [0.1, 0.15) is 5.82 Å². The third-order valence-corrected chi connectivity index (χ3v) is 5.45. The molecule has 0 aromatic heterocycles. The molecule has 1 aliphatic heterocycles. The van der Waals surface area contributed by atoms with E-state index in [2.05, 4.69) is 0 Å². The molecule has 0 aliphatic carbocycles. The van der Waals surface area contributed by atoms with E-state index in [9.17, 15) is 12.8 Å². The Morgan fingerprint density at radius 1 is 1.53 bits per heavy atom. The smallest absolute Gasteiger partial charge is 0.243 e. The number of benzene rings is 1. The van der Waals surface area contributed by atoms with Crippen molar-refractivity contribution in [3.05, 3.63) is 29.6 Å². The van der Waals surface area contributed by atoms with Crippen LogP contribution in [0.3, 0.4) is 0 Å². The molecule has 1 aromatic rings. The highest BCUT2D eigenvalue weighted by molar-refractivity contribution is 7.89. The standard InChI is InChI=1S/C12H15ClFNO3S/c1-15(10-4-5-18-8-10)19(16,17)11-2-3-12(14)9(6-11)7-13/h2-3,6,10H,4-5,7-8H2,1H3. The van der Waals surface area contributed by atoms with Crippen LogP contribution in [0, 0.1) is 5.82 Å². The Kier molecular flexibility index (Phi) is 4.45. The minimum absolute atomic E-state index is 0.0546. The van der Waals surface area contributed by atoms with Crippen LogP contribution in [-0.4, -0.2) is 39.0 Å². The van der Waals surface area contributed by atoms with E-state index < -0.39 is 15.8 Å². The minimum atomic E-state index is -3.64. The van der Waals surface area contributed by atoms with Crippen molar-refractivity contribution in [1.29, 1.82) is 0 Å². The van der Waals surface area contributed by atoms with Crippen molar-refractivity contribution in [1.82, 2.24) is 4.31 Å². The first-order valence-corrected chi connectivity index (χ1v) is 7.84. The number of halogens is 2. The second-order valence-electron chi connectivity index (χ2n) is 4.43. The van der Waals surface area contributed by atoms with Gasteiger partial charge in [-0.05, 0) is 24.6 Å². The first-order valence-electron chi connectivity index (χ1n) is 5.87. The largest absolute Gasteiger partial charge is 0.380 e. The summed E-state index contributed by atoms with van der Waals surface area (Å²) >= 11 is 5.59. The average Bonchev–Trinajstić information content (AvgIpc) is 2.91. The number of sulfonamides is 1. The molecule has 1 heterocycles. The van der Waals surface area contributed by atoms with Crippen molar-refractivity contribution >= 4 is 21.6 Å². The predicted octanol–water partition coefficient (Wildman–Crippen LogP) is 1.97. The van der Waals surface area contributed by atoms with Gasteiger partial charge in [0.15, 0.2) is 0 Å². The fraction of sp³-hybridized carbons (Fsp3) is 0.500. The molecule has 19 heavy (non-hydrogen) atoms. The molecule has 2 rings (SSSR count). The lowest BCUT2D eigenvalue weighted by atomic mass is 10.2. The third kappa shape index (κ3) is 2.91. The maximum absolute atomic E-state index is 13.3. The summed E-state index contributed by atoms with van der Waals surface area (Å²) in [5, 5.41) is 0. The summed E-state index contributed by atoms with van der Waals surface area (Å²) < 4.78 is 44.6. The van der Waals surface area contributed by atoms with Crippen LogP contribution in [0.5, 0.6) is 0 Å². The molecule has 1 aromatic carbocycles. The van der Waals surface area contributed by atoms with Crippen molar-refractivity contribution in [2.75, 3.05) is 20.3 Å². The molecular weight excluding hydrogens is 293 g/mol. The molecule has 0 amide bonds. The van der Waals surface area contributed by atoms with Crippen molar-refractivity contribution in [2.45, 2.75) is 23.2 Å². The molecular formula is C12H15ClFNO3S. The highest BCUT2D eigenvalue weighted by atomic mass is 35.5. The Balaban J connectivity index is 2.33. The highest BCUT2D eigenvalue weighted by Crippen LogP contribution is 2.23. The summed E-state index contributed by atoms with van der Waals surface area (Å²) in [5.41, 5.74) is 0.179. The van der Waals surface area contributed by atoms with Crippen LogP contribution in [0.25, 0.3) is 0 Å². The van der Waals surface area contributed by atoms with Crippen molar-refractivity contribution in [3.63, 3.8) is 0 Å². The molecule has 0 N–H and O–H groups in total. The molecule has 7 heteroatoms. The van der Waals surface area contributed by atoms with Gasteiger partial charge >= 0.3 is 0 Å². The van der Waals surface area contributed by atoms with Gasteiger partial charge in [0.05, 0.1) is 23.4 Å². The van der Waals surface area contributed by atoms with Gasteiger partial charge in [-0.15, -0.1) is 11.6 Å². The second kappa shape index (κ2) is 5.75. The Labute approximate surface area is 117 Å². The zero-order valence-corrected chi connectivity index (χ0v) is 12.0. The fourth-order valence-corrected chi connectivity index (χ4v) is 3.61. The summed E-state index contributed by atoms with van der Waals surface area (Å²) in [6.45, 7) is 0.945. The summed E-state index contributed by atoms with van der Waals surface area (Å²) in [6.07, 6.45) is 0.666. The number of ether oxygens (including phenoxy) is 1. The zero-order chi connectivity index (χ0) is 14.0. The lowest BCUT2D eigenvalue weighted by Gasteiger charge is -2.22. The Bertz CT molecular complexity index is 558. The van der Waals surface area contributed by atoms with E-state index in [0.717, 1.165) is 6.07 Å². The number of rotatable bonds is 4. The van der Waals surface area contributed by atoms with Gasteiger partial charge < -0.3 is 4.74 Å². The first-order chi connectivity index (χ1) is 8.96. The van der Waals surface area contributed by atoms with Gasteiger partial charge in [-0.3, -0.25) is 0 Å². The van der Waals surface area contributed by atoms with Gasteiger partial charge in [0, 0.05) is 19.2 Å². The van der Waals surface area contributed by atoms with Gasteiger partial charge in [0.25, 0.3) is 0 Å². The molecule has 0 radical (unpaired) electrons. The quantitative estimate of drug-likeness (QED) is 0.799. The zero-order valence-electron chi connectivity index (χ0n) is 10.5. The predicted molar refractivity (Wildman–Crippen MR) is 70.1 cm³/mol. The summed E-state index contributed by atoms with van der Waals surface area (Å²) in [6, 6.07) is 3.50. The number of likely N-dealkylation sites (N-methyl/N-ethyl adjacent to an activating group) is 1. The molecule has 1 aliphatic rings. The van der Waals surface area contributed by atoms with Crippen molar-refractivity contribution in [2.24, 2.45) is 0 Å². The molecule has 0 saturated carbocycles. The SMILES string of the molecule is CN(C1CCOC1)S(=O)(=O)c1ccc(F)c(CCl)c1. The fourth-order valence-electron chi connectivity index (χ4n) is 1.99.